The van der Waals surface area contributed by atoms with Crippen LogP contribution in [0.5, 0.6) is 0 Å². The number of nitrogens with one attached hydrogen (secondary N) is 2. The van der Waals surface area contributed by atoms with E-state index < -0.39 is 15.9 Å². The highest BCUT2D eigenvalue weighted by molar-refractivity contribution is 7.91. The van der Waals surface area contributed by atoms with E-state index in [1.807, 2.05) is 4.90 Å². The highest BCUT2D eigenvalue weighted by Crippen LogP contribution is 2.26. The Labute approximate surface area is 135 Å². The number of benzene rings is 1. The van der Waals surface area contributed by atoms with Crippen LogP contribution in [0.25, 0.3) is 0 Å². The van der Waals surface area contributed by atoms with Crippen molar-refractivity contribution in [2.45, 2.75) is 25.3 Å². The van der Waals surface area contributed by atoms with Crippen molar-refractivity contribution in [3.63, 3.8) is 0 Å². The summed E-state index contributed by atoms with van der Waals surface area (Å²) < 4.78 is 36.9. The molecule has 126 valence electrons. The molecule has 0 spiro atoms. The third kappa shape index (κ3) is 3.93. The van der Waals surface area contributed by atoms with Gasteiger partial charge in [0, 0.05) is 24.8 Å². The van der Waals surface area contributed by atoms with E-state index in [4.69, 9.17) is 0 Å². The van der Waals surface area contributed by atoms with Crippen molar-refractivity contribution >= 4 is 27.2 Å². The number of carbonyl (C=O) groups excluding carboxylic acids is 1. The summed E-state index contributed by atoms with van der Waals surface area (Å²) in [5.41, 5.74) is 0.902. The van der Waals surface area contributed by atoms with E-state index in [1.54, 1.807) is 12.1 Å². The predicted octanol–water partition coefficient (Wildman–Crippen LogP) is 1.73. The molecule has 0 bridgehead atoms. The zero-order chi connectivity index (χ0) is 16.4. The highest BCUT2D eigenvalue weighted by Gasteiger charge is 2.29. The molecule has 8 heteroatoms. The first-order valence-electron chi connectivity index (χ1n) is 7.75. The largest absolute Gasteiger partial charge is 0.369 e. The zero-order valence-electron chi connectivity index (χ0n) is 12.7. The van der Waals surface area contributed by atoms with E-state index in [1.165, 1.54) is 6.07 Å². The van der Waals surface area contributed by atoms with Gasteiger partial charge in [0.05, 0.1) is 17.2 Å². The summed E-state index contributed by atoms with van der Waals surface area (Å²) in [4.78, 5) is 13.9. The van der Waals surface area contributed by atoms with Gasteiger partial charge in [-0.05, 0) is 37.5 Å². The molecule has 6 nitrogen and oxygen atoms in total. The topological polar surface area (TPSA) is 78.5 Å². The van der Waals surface area contributed by atoms with E-state index >= 15 is 0 Å². The van der Waals surface area contributed by atoms with E-state index in [-0.39, 0.29) is 23.4 Å². The quantitative estimate of drug-likeness (QED) is 0.878. The van der Waals surface area contributed by atoms with Crippen LogP contribution < -0.4 is 15.5 Å². The van der Waals surface area contributed by atoms with E-state index in [9.17, 15) is 17.6 Å². The molecule has 0 unspecified atom stereocenters. The Morgan fingerprint density at radius 3 is 2.61 bits per heavy atom. The van der Waals surface area contributed by atoms with Gasteiger partial charge in [0.15, 0.2) is 9.84 Å². The van der Waals surface area contributed by atoms with Crippen LogP contribution in [0.1, 0.15) is 19.3 Å². The zero-order valence-corrected chi connectivity index (χ0v) is 13.5. The standard InChI is InChI=1S/C15H20FN3O3S/c16-13-9-11(3-4-14(13)19-6-1-2-7-19)17-15(20)18-12-5-8-23(21,22)10-12/h3-4,9,12H,1-2,5-8,10H2,(H2,17,18,20)/t12-/m1/s1. The normalized spacial score (nSPS) is 23.0. The highest BCUT2D eigenvalue weighted by atomic mass is 32.2. The predicted molar refractivity (Wildman–Crippen MR) is 87.1 cm³/mol. The van der Waals surface area contributed by atoms with E-state index in [0.29, 0.717) is 17.8 Å². The van der Waals surface area contributed by atoms with Crippen LogP contribution in [0.15, 0.2) is 18.2 Å². The number of carbonyl (C=O) groups is 1. The molecule has 2 fully saturated rings. The summed E-state index contributed by atoms with van der Waals surface area (Å²) in [7, 11) is -3.04. The first-order chi connectivity index (χ1) is 10.9. The summed E-state index contributed by atoms with van der Waals surface area (Å²) >= 11 is 0. The SMILES string of the molecule is O=C(Nc1ccc(N2CCCC2)c(F)c1)N[C@@H]1CCS(=O)(=O)C1. The van der Waals surface area contributed by atoms with Gasteiger partial charge in [-0.2, -0.15) is 0 Å². The third-order valence-corrected chi connectivity index (χ3v) is 5.99. The fourth-order valence-corrected chi connectivity index (χ4v) is 4.73. The second kappa shape index (κ2) is 6.35. The van der Waals surface area contributed by atoms with Crippen molar-refractivity contribution in [1.82, 2.24) is 5.32 Å². The number of urea groups is 1. The van der Waals surface area contributed by atoms with Gasteiger partial charge in [-0.25, -0.2) is 17.6 Å². The number of amides is 2. The van der Waals surface area contributed by atoms with Crippen molar-refractivity contribution in [3.05, 3.63) is 24.0 Å². The van der Waals surface area contributed by atoms with Crippen LogP contribution in [0, 0.1) is 5.82 Å². The summed E-state index contributed by atoms with van der Waals surface area (Å²) in [5.74, 6) is -0.312. The van der Waals surface area contributed by atoms with Gasteiger partial charge in [-0.1, -0.05) is 0 Å². The minimum absolute atomic E-state index is 0.0390. The molecule has 1 aromatic carbocycles. The molecule has 0 radical (unpaired) electrons. The lowest BCUT2D eigenvalue weighted by molar-refractivity contribution is 0.249. The van der Waals surface area contributed by atoms with Gasteiger partial charge < -0.3 is 15.5 Å². The van der Waals surface area contributed by atoms with Crippen molar-refractivity contribution < 1.29 is 17.6 Å². The molecule has 2 aliphatic rings. The van der Waals surface area contributed by atoms with Gasteiger partial charge in [0.1, 0.15) is 5.82 Å². The Kier molecular flexibility index (Phi) is 4.43. The molecule has 0 aromatic heterocycles. The van der Waals surface area contributed by atoms with Gasteiger partial charge in [-0.3, -0.25) is 0 Å². The number of anilines is 2. The molecule has 2 aliphatic heterocycles. The number of halogens is 1. The van der Waals surface area contributed by atoms with Crippen LogP contribution in [0.2, 0.25) is 0 Å². The van der Waals surface area contributed by atoms with Gasteiger partial charge in [0.2, 0.25) is 0 Å². The van der Waals surface area contributed by atoms with Crippen LogP contribution in [-0.2, 0) is 9.84 Å². The van der Waals surface area contributed by atoms with E-state index in [0.717, 1.165) is 25.9 Å². The molecule has 2 heterocycles. The smallest absolute Gasteiger partial charge is 0.319 e. The van der Waals surface area contributed by atoms with Crippen molar-refractivity contribution in [3.8, 4) is 0 Å². The molecular formula is C15H20FN3O3S. The Hall–Kier alpha value is -1.83. The fourth-order valence-electron chi connectivity index (χ4n) is 3.06. The fraction of sp³-hybridized carbons (Fsp3) is 0.533. The van der Waals surface area contributed by atoms with Crippen molar-refractivity contribution in [2.75, 3.05) is 34.8 Å². The molecule has 2 saturated heterocycles. The molecule has 1 atom stereocenters. The minimum Gasteiger partial charge on any atom is -0.369 e. The molecule has 2 amide bonds. The number of rotatable bonds is 3. The number of sulfone groups is 1. The summed E-state index contributed by atoms with van der Waals surface area (Å²) in [6.45, 7) is 1.70. The molecule has 3 rings (SSSR count). The van der Waals surface area contributed by atoms with Gasteiger partial charge in [-0.15, -0.1) is 0 Å². The average Bonchev–Trinajstić information content (AvgIpc) is 3.08. The molecular weight excluding hydrogens is 321 g/mol. The second-order valence-electron chi connectivity index (χ2n) is 6.06. The molecule has 2 N–H and O–H groups in total. The van der Waals surface area contributed by atoms with Gasteiger partial charge in [0.25, 0.3) is 0 Å². The lowest BCUT2D eigenvalue weighted by Crippen LogP contribution is -2.38. The maximum absolute atomic E-state index is 14.2. The molecule has 23 heavy (non-hydrogen) atoms. The average molecular weight is 341 g/mol. The first kappa shape index (κ1) is 16.0. The maximum atomic E-state index is 14.2. The van der Waals surface area contributed by atoms with Crippen molar-refractivity contribution in [1.29, 1.82) is 0 Å². The molecule has 0 saturated carbocycles. The number of nitrogens with zero attached hydrogens (tertiary/aromatic N) is 1. The summed E-state index contributed by atoms with van der Waals surface area (Å²) in [5, 5.41) is 5.16. The Morgan fingerprint density at radius 1 is 1.26 bits per heavy atom. The van der Waals surface area contributed by atoms with Crippen LogP contribution >= 0.6 is 0 Å². The summed E-state index contributed by atoms with van der Waals surface area (Å²) in [6, 6.07) is 3.71. The number of hydrogen-bond donors (Lipinski definition) is 2. The molecule has 0 aliphatic carbocycles. The summed E-state index contributed by atoms with van der Waals surface area (Å²) in [6.07, 6.45) is 2.54. The van der Waals surface area contributed by atoms with Crippen LogP contribution in [-0.4, -0.2) is 45.1 Å². The Morgan fingerprint density at radius 2 is 2.00 bits per heavy atom. The Bertz CT molecular complexity index is 702. The maximum Gasteiger partial charge on any atom is 0.319 e. The second-order valence-corrected chi connectivity index (χ2v) is 8.29. The third-order valence-electron chi connectivity index (χ3n) is 4.22. The minimum atomic E-state index is -3.04. The molecule has 1 aromatic rings. The van der Waals surface area contributed by atoms with Crippen LogP contribution in [0.3, 0.4) is 0 Å². The van der Waals surface area contributed by atoms with Gasteiger partial charge >= 0.3 is 6.03 Å². The lowest BCUT2D eigenvalue weighted by Gasteiger charge is -2.19. The first-order valence-corrected chi connectivity index (χ1v) is 9.57. The number of hydrogen-bond acceptors (Lipinski definition) is 4. The Balaban J connectivity index is 1.59. The van der Waals surface area contributed by atoms with Crippen molar-refractivity contribution in [2.24, 2.45) is 0 Å². The van der Waals surface area contributed by atoms with E-state index in [2.05, 4.69) is 10.6 Å². The monoisotopic (exact) mass is 341 g/mol. The van der Waals surface area contributed by atoms with Crippen LogP contribution in [0.4, 0.5) is 20.6 Å². The lowest BCUT2D eigenvalue weighted by atomic mass is 10.2.